The Morgan fingerprint density at radius 1 is 1.33 bits per heavy atom. The van der Waals surface area contributed by atoms with Crippen LogP contribution < -0.4 is 5.32 Å². The number of aliphatic hydroxyl groups excluding tert-OH is 1. The minimum atomic E-state index is -0.249. The topological polar surface area (TPSA) is 49.3 Å². The van der Waals surface area contributed by atoms with Crippen molar-refractivity contribution in [3.05, 3.63) is 35.6 Å². The van der Waals surface area contributed by atoms with Gasteiger partial charge in [0, 0.05) is 18.6 Å². The average Bonchev–Trinajstić information content (AvgIpc) is 2.50. The number of aliphatic hydroxyl groups is 1. The summed E-state index contributed by atoms with van der Waals surface area (Å²) in [5, 5.41) is 12.2. The summed E-state index contributed by atoms with van der Waals surface area (Å²) in [6, 6.07) is 6.80. The monoisotopic (exact) mass is 293 g/mol. The molecule has 1 unspecified atom stereocenters. The lowest BCUT2D eigenvalue weighted by Crippen LogP contribution is -2.41. The Bertz CT molecular complexity index is 470. The van der Waals surface area contributed by atoms with E-state index in [1.807, 2.05) is 6.92 Å². The Morgan fingerprint density at radius 2 is 2.00 bits per heavy atom. The molecule has 0 aromatic heterocycles. The molecular formula is C17H24FNO2. The SMILES string of the molecule is CC(Cc1ccccc1F)C(=O)NC1CCC(CO)CC1. The van der Waals surface area contributed by atoms with E-state index in [-0.39, 0.29) is 30.3 Å². The molecule has 1 amide bonds. The lowest BCUT2D eigenvalue weighted by Gasteiger charge is -2.28. The second kappa shape index (κ2) is 7.55. The highest BCUT2D eigenvalue weighted by molar-refractivity contribution is 5.78. The van der Waals surface area contributed by atoms with Crippen molar-refractivity contribution in [3.8, 4) is 0 Å². The lowest BCUT2D eigenvalue weighted by molar-refractivity contribution is -0.125. The number of halogens is 1. The number of hydrogen-bond acceptors (Lipinski definition) is 2. The standard InChI is InChI=1S/C17H24FNO2/c1-12(10-14-4-2-3-5-16(14)18)17(21)19-15-8-6-13(11-20)7-9-15/h2-5,12-13,15,20H,6-11H2,1H3,(H,19,21). The van der Waals surface area contributed by atoms with Crippen molar-refractivity contribution >= 4 is 5.91 Å². The number of benzene rings is 1. The van der Waals surface area contributed by atoms with Crippen LogP contribution in [0.1, 0.15) is 38.2 Å². The summed E-state index contributed by atoms with van der Waals surface area (Å²) in [6.45, 7) is 2.07. The molecular weight excluding hydrogens is 269 g/mol. The molecule has 2 rings (SSSR count). The molecule has 0 bridgehead atoms. The molecule has 0 aliphatic heterocycles. The number of carbonyl (C=O) groups is 1. The molecule has 0 radical (unpaired) electrons. The second-order valence-electron chi connectivity index (χ2n) is 6.11. The largest absolute Gasteiger partial charge is 0.396 e. The first-order valence-electron chi connectivity index (χ1n) is 7.74. The number of nitrogens with one attached hydrogen (secondary N) is 1. The molecule has 3 nitrogen and oxygen atoms in total. The summed E-state index contributed by atoms with van der Waals surface area (Å²) in [7, 11) is 0. The maximum atomic E-state index is 13.6. The van der Waals surface area contributed by atoms with Gasteiger partial charge in [-0.25, -0.2) is 4.39 Å². The van der Waals surface area contributed by atoms with Crippen LogP contribution in [0.4, 0.5) is 4.39 Å². The number of hydrogen-bond donors (Lipinski definition) is 2. The fraction of sp³-hybridized carbons (Fsp3) is 0.588. The highest BCUT2D eigenvalue weighted by Crippen LogP contribution is 2.24. The molecule has 1 atom stereocenters. The first-order valence-corrected chi connectivity index (χ1v) is 7.74. The van der Waals surface area contributed by atoms with Crippen LogP contribution >= 0.6 is 0 Å². The summed E-state index contributed by atoms with van der Waals surface area (Å²) >= 11 is 0. The van der Waals surface area contributed by atoms with Gasteiger partial charge in [-0.1, -0.05) is 25.1 Å². The van der Waals surface area contributed by atoms with Gasteiger partial charge in [0.25, 0.3) is 0 Å². The Labute approximate surface area is 125 Å². The minimum Gasteiger partial charge on any atom is -0.396 e. The average molecular weight is 293 g/mol. The van der Waals surface area contributed by atoms with Gasteiger partial charge in [0.2, 0.25) is 5.91 Å². The lowest BCUT2D eigenvalue weighted by atomic mass is 9.86. The summed E-state index contributed by atoms with van der Waals surface area (Å²) in [5.41, 5.74) is 0.587. The van der Waals surface area contributed by atoms with Gasteiger partial charge in [0.15, 0.2) is 0 Å². The summed E-state index contributed by atoms with van der Waals surface area (Å²) < 4.78 is 13.6. The van der Waals surface area contributed by atoms with Crippen LogP contribution in [0, 0.1) is 17.7 Å². The Hall–Kier alpha value is -1.42. The summed E-state index contributed by atoms with van der Waals surface area (Å²) in [5.74, 6) is -0.113. The second-order valence-corrected chi connectivity index (χ2v) is 6.11. The normalized spacial score (nSPS) is 23.6. The van der Waals surface area contributed by atoms with E-state index < -0.39 is 0 Å². The van der Waals surface area contributed by atoms with Gasteiger partial charge in [-0.15, -0.1) is 0 Å². The van der Waals surface area contributed by atoms with E-state index in [1.165, 1.54) is 6.07 Å². The number of amides is 1. The van der Waals surface area contributed by atoms with E-state index >= 15 is 0 Å². The first-order chi connectivity index (χ1) is 10.1. The molecule has 0 heterocycles. The van der Waals surface area contributed by atoms with Crippen molar-refractivity contribution < 1.29 is 14.3 Å². The molecule has 4 heteroatoms. The van der Waals surface area contributed by atoms with E-state index in [4.69, 9.17) is 5.11 Å². The van der Waals surface area contributed by atoms with Crippen LogP contribution in [0.3, 0.4) is 0 Å². The zero-order valence-electron chi connectivity index (χ0n) is 12.5. The molecule has 21 heavy (non-hydrogen) atoms. The number of carbonyl (C=O) groups excluding carboxylic acids is 1. The molecule has 0 spiro atoms. The van der Waals surface area contributed by atoms with Crippen LogP contribution in [0.2, 0.25) is 0 Å². The van der Waals surface area contributed by atoms with Gasteiger partial charge in [-0.3, -0.25) is 4.79 Å². The van der Waals surface area contributed by atoms with Crippen molar-refractivity contribution in [2.75, 3.05) is 6.61 Å². The fourth-order valence-corrected chi connectivity index (χ4v) is 2.92. The van der Waals surface area contributed by atoms with Crippen molar-refractivity contribution in [3.63, 3.8) is 0 Å². The van der Waals surface area contributed by atoms with Crippen LogP contribution in [0.25, 0.3) is 0 Å². The zero-order valence-corrected chi connectivity index (χ0v) is 12.5. The van der Waals surface area contributed by atoms with Crippen LogP contribution in [-0.2, 0) is 11.2 Å². The van der Waals surface area contributed by atoms with Gasteiger partial charge >= 0.3 is 0 Å². The smallest absolute Gasteiger partial charge is 0.223 e. The third-order valence-corrected chi connectivity index (χ3v) is 4.38. The molecule has 1 aliphatic carbocycles. The quantitative estimate of drug-likeness (QED) is 0.877. The minimum absolute atomic E-state index is 0.00861. The van der Waals surface area contributed by atoms with E-state index in [1.54, 1.807) is 18.2 Å². The third kappa shape index (κ3) is 4.53. The Morgan fingerprint density at radius 3 is 2.62 bits per heavy atom. The van der Waals surface area contributed by atoms with E-state index in [2.05, 4.69) is 5.32 Å². The van der Waals surface area contributed by atoms with Gasteiger partial charge < -0.3 is 10.4 Å². The molecule has 2 N–H and O–H groups in total. The molecule has 0 saturated heterocycles. The zero-order chi connectivity index (χ0) is 15.2. The van der Waals surface area contributed by atoms with Crippen LogP contribution in [0.5, 0.6) is 0 Å². The van der Waals surface area contributed by atoms with Crippen LogP contribution in [-0.4, -0.2) is 23.7 Å². The third-order valence-electron chi connectivity index (χ3n) is 4.38. The van der Waals surface area contributed by atoms with Gasteiger partial charge in [-0.2, -0.15) is 0 Å². The summed E-state index contributed by atoms with van der Waals surface area (Å²) in [6.07, 6.45) is 4.18. The summed E-state index contributed by atoms with van der Waals surface area (Å²) in [4.78, 5) is 12.2. The van der Waals surface area contributed by atoms with Gasteiger partial charge in [-0.05, 0) is 49.7 Å². The van der Waals surface area contributed by atoms with E-state index in [0.29, 0.717) is 17.9 Å². The van der Waals surface area contributed by atoms with Crippen LogP contribution in [0.15, 0.2) is 24.3 Å². The maximum absolute atomic E-state index is 13.6. The van der Waals surface area contributed by atoms with Crippen molar-refractivity contribution in [1.82, 2.24) is 5.32 Å². The van der Waals surface area contributed by atoms with Crippen molar-refractivity contribution in [1.29, 1.82) is 0 Å². The first kappa shape index (κ1) is 16.0. The van der Waals surface area contributed by atoms with Gasteiger partial charge in [0.05, 0.1) is 0 Å². The predicted molar refractivity (Wildman–Crippen MR) is 80.2 cm³/mol. The molecule has 1 aliphatic rings. The molecule has 1 aromatic carbocycles. The highest BCUT2D eigenvalue weighted by Gasteiger charge is 2.24. The fourth-order valence-electron chi connectivity index (χ4n) is 2.92. The maximum Gasteiger partial charge on any atom is 0.223 e. The van der Waals surface area contributed by atoms with E-state index in [9.17, 15) is 9.18 Å². The highest BCUT2D eigenvalue weighted by atomic mass is 19.1. The molecule has 116 valence electrons. The molecule has 1 fully saturated rings. The Balaban J connectivity index is 1.82. The predicted octanol–water partition coefficient (Wildman–Crippen LogP) is 2.67. The van der Waals surface area contributed by atoms with Gasteiger partial charge in [0.1, 0.15) is 5.82 Å². The van der Waals surface area contributed by atoms with Crippen molar-refractivity contribution in [2.45, 2.75) is 45.1 Å². The van der Waals surface area contributed by atoms with E-state index in [0.717, 1.165) is 25.7 Å². The number of rotatable bonds is 5. The molecule has 1 saturated carbocycles. The Kier molecular flexibility index (Phi) is 5.74. The van der Waals surface area contributed by atoms with Crippen molar-refractivity contribution in [2.24, 2.45) is 11.8 Å². The molecule has 1 aromatic rings.